The van der Waals surface area contributed by atoms with Gasteiger partial charge in [0, 0.05) is 11.1 Å². The molecule has 0 aliphatic heterocycles. The van der Waals surface area contributed by atoms with E-state index in [-0.39, 0.29) is 45.5 Å². The molecule has 0 bridgehead atoms. The second-order valence-corrected chi connectivity index (χ2v) is 8.95. The van der Waals surface area contributed by atoms with Gasteiger partial charge in [-0.1, -0.05) is 69.9 Å². The molecule has 10 heteroatoms. The van der Waals surface area contributed by atoms with Crippen molar-refractivity contribution in [1.29, 1.82) is 0 Å². The van der Waals surface area contributed by atoms with Gasteiger partial charge in [-0.15, -0.1) is 0 Å². The summed E-state index contributed by atoms with van der Waals surface area (Å²) in [6.45, 7) is 3.21. The molecule has 2 heterocycles. The molecule has 0 spiro atoms. The Kier molecular flexibility index (Phi) is 7.00. The Labute approximate surface area is 226 Å². The number of nitrogens with zero attached hydrogens (tertiary/aromatic N) is 2. The van der Waals surface area contributed by atoms with Crippen LogP contribution in [0.3, 0.4) is 0 Å². The number of carbonyl (C=O) groups is 2. The molecule has 0 atom stereocenters. The van der Waals surface area contributed by atoms with Gasteiger partial charge in [0.15, 0.2) is 0 Å². The van der Waals surface area contributed by atoms with Gasteiger partial charge in [-0.2, -0.15) is 0 Å². The lowest BCUT2D eigenvalue weighted by Gasteiger charge is -2.08. The molecule has 2 aromatic heterocycles. The number of aromatic nitrogens is 2. The van der Waals surface area contributed by atoms with Gasteiger partial charge < -0.3 is 18.5 Å². The highest BCUT2D eigenvalue weighted by atomic mass is 35.5. The van der Waals surface area contributed by atoms with Crippen LogP contribution in [0.1, 0.15) is 32.2 Å². The van der Waals surface area contributed by atoms with Crippen molar-refractivity contribution in [2.75, 3.05) is 0 Å². The minimum atomic E-state index is -0.673. The highest BCUT2D eigenvalue weighted by Gasteiger charge is 2.26. The molecule has 0 radical (unpaired) electrons. The molecule has 3 aromatic carbocycles. The van der Waals surface area contributed by atoms with Crippen LogP contribution in [0, 0.1) is 13.8 Å². The quantitative estimate of drug-likeness (QED) is 0.160. The lowest BCUT2D eigenvalue weighted by Crippen LogP contribution is -2.11. The number of hydrogen-bond donors (Lipinski definition) is 0. The topological polar surface area (TPSA) is 105 Å². The Morgan fingerprint density at radius 3 is 1.37 bits per heavy atom. The van der Waals surface area contributed by atoms with E-state index in [9.17, 15) is 9.59 Å². The van der Waals surface area contributed by atoms with Gasteiger partial charge in [0.05, 0.1) is 10.0 Å². The average molecular weight is 549 g/mol. The van der Waals surface area contributed by atoms with Gasteiger partial charge in [0.25, 0.3) is 0 Å². The van der Waals surface area contributed by atoms with Crippen LogP contribution in [0.4, 0.5) is 0 Å². The van der Waals surface area contributed by atoms with Gasteiger partial charge in [-0.25, -0.2) is 9.59 Å². The van der Waals surface area contributed by atoms with Crippen LogP contribution < -0.4 is 9.47 Å². The van der Waals surface area contributed by atoms with Crippen molar-refractivity contribution in [1.82, 2.24) is 10.3 Å². The molecule has 0 aliphatic rings. The highest BCUT2D eigenvalue weighted by Crippen LogP contribution is 2.33. The first kappa shape index (κ1) is 25.3. The molecule has 8 nitrogen and oxygen atoms in total. The molecule has 0 aliphatic carbocycles. The normalized spacial score (nSPS) is 10.8. The summed E-state index contributed by atoms with van der Waals surface area (Å²) < 4.78 is 21.5. The third kappa shape index (κ3) is 4.91. The van der Waals surface area contributed by atoms with Crippen LogP contribution in [0.25, 0.3) is 22.5 Å². The van der Waals surface area contributed by atoms with E-state index in [4.69, 9.17) is 41.7 Å². The molecule has 0 N–H and O–H groups in total. The molecule has 5 rings (SSSR count). The summed E-state index contributed by atoms with van der Waals surface area (Å²) in [5, 5.41) is 8.80. The predicted molar refractivity (Wildman–Crippen MR) is 140 cm³/mol. The van der Waals surface area contributed by atoms with E-state index in [0.717, 1.165) is 0 Å². The first-order valence-electron chi connectivity index (χ1n) is 11.3. The Morgan fingerprint density at radius 1 is 0.632 bits per heavy atom. The number of benzene rings is 3. The zero-order chi connectivity index (χ0) is 26.8. The molecule has 0 saturated carbocycles. The number of rotatable bonds is 6. The average Bonchev–Trinajstić information content (AvgIpc) is 3.48. The van der Waals surface area contributed by atoms with E-state index < -0.39 is 11.9 Å². The Bertz CT molecular complexity index is 1530. The van der Waals surface area contributed by atoms with Gasteiger partial charge in [0.1, 0.15) is 45.5 Å². The predicted octanol–water partition coefficient (Wildman–Crippen LogP) is 7.36. The summed E-state index contributed by atoms with van der Waals surface area (Å²) in [6, 6.07) is 19.9. The fraction of sp³-hybridized carbons (Fsp3) is 0.0714. The minimum Gasteiger partial charge on any atom is -0.423 e. The van der Waals surface area contributed by atoms with Crippen LogP contribution in [0.2, 0.25) is 10.0 Å². The number of halogens is 2. The first-order valence-corrected chi connectivity index (χ1v) is 12.1. The maximum absolute atomic E-state index is 13.0. The van der Waals surface area contributed by atoms with Crippen LogP contribution in [0.15, 0.2) is 81.8 Å². The number of ether oxygens (including phenoxy) is 2. The standard InChI is InChI=1S/C28H18Cl2N2O6/c1-15-23(25(31-37-15)19-7-3-5-9-21(19)29)27(33)35-17-11-13-18(14-12-17)36-28(34)24-16(2)38-32-26(24)20-8-4-6-10-22(20)30/h3-14H,1-2H3. The Hall–Kier alpha value is -4.40. The van der Waals surface area contributed by atoms with Crippen molar-refractivity contribution < 1.29 is 28.1 Å². The van der Waals surface area contributed by atoms with E-state index in [2.05, 4.69) is 10.3 Å². The third-order valence-corrected chi connectivity index (χ3v) is 6.30. The second-order valence-electron chi connectivity index (χ2n) is 8.13. The second kappa shape index (κ2) is 10.5. The highest BCUT2D eigenvalue weighted by molar-refractivity contribution is 6.33. The first-order chi connectivity index (χ1) is 18.3. The van der Waals surface area contributed by atoms with Crippen molar-refractivity contribution in [3.05, 3.63) is 105 Å². The van der Waals surface area contributed by atoms with E-state index in [0.29, 0.717) is 21.2 Å². The van der Waals surface area contributed by atoms with Crippen molar-refractivity contribution >= 4 is 35.1 Å². The largest absolute Gasteiger partial charge is 0.423 e. The van der Waals surface area contributed by atoms with Gasteiger partial charge in [-0.05, 0) is 50.2 Å². The van der Waals surface area contributed by atoms with Crippen molar-refractivity contribution in [3.63, 3.8) is 0 Å². The van der Waals surface area contributed by atoms with E-state index in [1.165, 1.54) is 24.3 Å². The molecule has 0 amide bonds. The molecule has 5 aromatic rings. The Balaban J connectivity index is 1.33. The maximum Gasteiger partial charge on any atom is 0.349 e. The van der Waals surface area contributed by atoms with Crippen LogP contribution in [0.5, 0.6) is 11.5 Å². The van der Waals surface area contributed by atoms with Crippen molar-refractivity contribution in [2.45, 2.75) is 13.8 Å². The molecule has 0 unspecified atom stereocenters. The molecular weight excluding hydrogens is 531 g/mol. The van der Waals surface area contributed by atoms with E-state index in [1.54, 1.807) is 62.4 Å². The number of esters is 2. The zero-order valence-corrected chi connectivity index (χ0v) is 21.5. The molecule has 190 valence electrons. The van der Waals surface area contributed by atoms with Gasteiger partial charge in [0.2, 0.25) is 0 Å². The fourth-order valence-electron chi connectivity index (χ4n) is 3.79. The summed E-state index contributed by atoms with van der Waals surface area (Å²) in [5.41, 5.74) is 1.96. The monoisotopic (exact) mass is 548 g/mol. The van der Waals surface area contributed by atoms with E-state index in [1.807, 2.05) is 0 Å². The SMILES string of the molecule is Cc1onc(-c2ccccc2Cl)c1C(=O)Oc1ccc(OC(=O)c2c(-c3ccccc3Cl)noc2C)cc1. The molecule has 38 heavy (non-hydrogen) atoms. The van der Waals surface area contributed by atoms with Crippen LogP contribution in [-0.4, -0.2) is 22.3 Å². The van der Waals surface area contributed by atoms with E-state index >= 15 is 0 Å². The maximum atomic E-state index is 13.0. The van der Waals surface area contributed by atoms with Gasteiger partial charge in [-0.3, -0.25) is 0 Å². The lowest BCUT2D eigenvalue weighted by atomic mass is 10.1. The number of aryl methyl sites for hydroxylation is 2. The summed E-state index contributed by atoms with van der Waals surface area (Å²) in [4.78, 5) is 26.0. The van der Waals surface area contributed by atoms with Crippen molar-refractivity contribution in [3.8, 4) is 34.0 Å². The lowest BCUT2D eigenvalue weighted by molar-refractivity contribution is 0.0718. The van der Waals surface area contributed by atoms with Crippen LogP contribution >= 0.6 is 23.2 Å². The van der Waals surface area contributed by atoms with Crippen molar-refractivity contribution in [2.24, 2.45) is 0 Å². The fourth-order valence-corrected chi connectivity index (χ4v) is 4.24. The number of hydrogen-bond acceptors (Lipinski definition) is 8. The number of carbonyl (C=O) groups excluding carboxylic acids is 2. The minimum absolute atomic E-state index is 0.156. The van der Waals surface area contributed by atoms with Crippen LogP contribution in [-0.2, 0) is 0 Å². The molecule has 0 saturated heterocycles. The summed E-state index contributed by atoms with van der Waals surface area (Å²) in [7, 11) is 0. The molecule has 0 fully saturated rings. The summed E-state index contributed by atoms with van der Waals surface area (Å²) >= 11 is 12.5. The summed E-state index contributed by atoms with van der Waals surface area (Å²) in [6.07, 6.45) is 0. The molecular formula is C28H18Cl2N2O6. The zero-order valence-electron chi connectivity index (χ0n) is 20.0. The summed E-state index contributed by atoms with van der Waals surface area (Å²) in [5.74, 6) is -0.333. The van der Waals surface area contributed by atoms with Gasteiger partial charge >= 0.3 is 11.9 Å². The Morgan fingerprint density at radius 2 is 1.00 bits per heavy atom. The third-order valence-electron chi connectivity index (χ3n) is 5.64. The smallest absolute Gasteiger partial charge is 0.349 e.